The molecule has 1 saturated heterocycles. The van der Waals surface area contributed by atoms with Gasteiger partial charge in [0.2, 0.25) is 0 Å². The van der Waals surface area contributed by atoms with E-state index in [0.717, 1.165) is 38.3 Å². The molecule has 6 nitrogen and oxygen atoms in total. The van der Waals surface area contributed by atoms with E-state index in [1.165, 1.54) is 12.3 Å². The lowest BCUT2D eigenvalue weighted by atomic mass is 9.97. The molecule has 0 saturated carbocycles. The summed E-state index contributed by atoms with van der Waals surface area (Å²) < 4.78 is 1.70. The van der Waals surface area contributed by atoms with Gasteiger partial charge in [-0.15, -0.1) is 0 Å². The molecule has 3 heterocycles. The summed E-state index contributed by atoms with van der Waals surface area (Å²) in [6.07, 6.45) is 10.5. The molecule has 0 unspecified atom stereocenters. The molecule has 0 spiro atoms. The first-order valence-electron chi connectivity index (χ1n) is 6.84. The van der Waals surface area contributed by atoms with Crippen LogP contribution in [0.15, 0.2) is 42.0 Å². The molecule has 0 N–H and O–H groups in total. The van der Waals surface area contributed by atoms with Gasteiger partial charge < -0.3 is 4.90 Å². The third kappa shape index (κ3) is 2.84. The number of hydrogen-bond donors (Lipinski definition) is 0. The first-order valence-corrected chi connectivity index (χ1v) is 6.84. The van der Waals surface area contributed by atoms with Gasteiger partial charge in [-0.1, -0.05) is 0 Å². The van der Waals surface area contributed by atoms with Gasteiger partial charge >= 0.3 is 0 Å². The van der Waals surface area contributed by atoms with E-state index in [2.05, 4.69) is 19.9 Å². The second-order valence-electron chi connectivity index (χ2n) is 5.06. The zero-order valence-electron chi connectivity index (χ0n) is 11.2. The van der Waals surface area contributed by atoms with Gasteiger partial charge in [0, 0.05) is 44.3 Å². The maximum Gasteiger partial charge on any atom is 0.253 e. The summed E-state index contributed by atoms with van der Waals surface area (Å²) in [7, 11) is 0. The average Bonchev–Trinajstić information content (AvgIpc) is 2.51. The summed E-state index contributed by atoms with van der Waals surface area (Å²) in [5, 5.41) is 0. The normalized spacial score (nSPS) is 16.3. The van der Waals surface area contributed by atoms with Crippen LogP contribution in [-0.4, -0.2) is 32.6 Å². The number of anilines is 1. The van der Waals surface area contributed by atoms with E-state index in [1.807, 2.05) is 0 Å². The molecule has 0 radical (unpaired) electrons. The van der Waals surface area contributed by atoms with Crippen molar-refractivity contribution >= 4 is 5.82 Å². The summed E-state index contributed by atoms with van der Waals surface area (Å²) >= 11 is 0. The highest BCUT2D eigenvalue weighted by atomic mass is 16.1. The summed E-state index contributed by atoms with van der Waals surface area (Å²) in [4.78, 5) is 26.4. The molecule has 20 heavy (non-hydrogen) atoms. The van der Waals surface area contributed by atoms with Crippen molar-refractivity contribution in [2.45, 2.75) is 19.4 Å². The van der Waals surface area contributed by atoms with Crippen LogP contribution in [0.4, 0.5) is 5.82 Å². The molecule has 1 fully saturated rings. The Hall–Kier alpha value is -2.24. The first-order chi connectivity index (χ1) is 9.83. The van der Waals surface area contributed by atoms with Crippen molar-refractivity contribution in [2.24, 2.45) is 5.92 Å². The topological polar surface area (TPSA) is 63.9 Å². The molecule has 104 valence electrons. The zero-order valence-corrected chi connectivity index (χ0v) is 11.2. The van der Waals surface area contributed by atoms with Crippen LogP contribution >= 0.6 is 0 Å². The molecule has 1 aliphatic rings. The fraction of sp³-hybridized carbons (Fsp3) is 0.429. The fourth-order valence-corrected chi connectivity index (χ4v) is 2.59. The molecular weight excluding hydrogens is 254 g/mol. The number of nitrogens with zero attached hydrogens (tertiary/aromatic N) is 5. The molecule has 2 aromatic rings. The van der Waals surface area contributed by atoms with Gasteiger partial charge in [0.25, 0.3) is 5.56 Å². The van der Waals surface area contributed by atoms with E-state index >= 15 is 0 Å². The highest BCUT2D eigenvalue weighted by Crippen LogP contribution is 2.21. The van der Waals surface area contributed by atoms with Crippen LogP contribution in [-0.2, 0) is 6.54 Å². The summed E-state index contributed by atoms with van der Waals surface area (Å²) in [5.41, 5.74) is 0.0244. The molecular formula is C14H17N5O. The lowest BCUT2D eigenvalue weighted by Crippen LogP contribution is -2.36. The Balaban J connectivity index is 1.59. The number of aromatic nitrogens is 4. The minimum atomic E-state index is 0.0244. The number of piperidine rings is 1. The lowest BCUT2D eigenvalue weighted by molar-refractivity contribution is 0.350. The van der Waals surface area contributed by atoms with Crippen LogP contribution in [0.2, 0.25) is 0 Å². The molecule has 1 aliphatic heterocycles. The van der Waals surface area contributed by atoms with Crippen LogP contribution in [0, 0.1) is 5.92 Å². The highest BCUT2D eigenvalue weighted by molar-refractivity contribution is 5.35. The van der Waals surface area contributed by atoms with Gasteiger partial charge in [-0.2, -0.15) is 0 Å². The van der Waals surface area contributed by atoms with E-state index in [-0.39, 0.29) is 5.56 Å². The SMILES string of the molecule is O=c1ccncn1CC1CCN(c2cnccn2)CC1. The van der Waals surface area contributed by atoms with Crippen LogP contribution in [0.1, 0.15) is 12.8 Å². The smallest absolute Gasteiger partial charge is 0.253 e. The van der Waals surface area contributed by atoms with Gasteiger partial charge in [0.05, 0.1) is 12.5 Å². The molecule has 0 aromatic carbocycles. The van der Waals surface area contributed by atoms with Crippen molar-refractivity contribution in [2.75, 3.05) is 18.0 Å². The Morgan fingerprint density at radius 2 is 2.00 bits per heavy atom. The summed E-state index contributed by atoms with van der Waals surface area (Å²) in [6.45, 7) is 2.66. The Morgan fingerprint density at radius 1 is 1.15 bits per heavy atom. The molecule has 6 heteroatoms. The fourth-order valence-electron chi connectivity index (χ4n) is 2.59. The van der Waals surface area contributed by atoms with Crippen molar-refractivity contribution < 1.29 is 0 Å². The quantitative estimate of drug-likeness (QED) is 0.831. The van der Waals surface area contributed by atoms with E-state index in [0.29, 0.717) is 5.92 Å². The van der Waals surface area contributed by atoms with Crippen molar-refractivity contribution in [1.29, 1.82) is 0 Å². The second kappa shape index (κ2) is 5.81. The van der Waals surface area contributed by atoms with E-state index in [9.17, 15) is 4.79 Å². The van der Waals surface area contributed by atoms with Crippen LogP contribution < -0.4 is 10.5 Å². The van der Waals surface area contributed by atoms with Crippen molar-refractivity contribution in [1.82, 2.24) is 19.5 Å². The largest absolute Gasteiger partial charge is 0.355 e. The third-order valence-electron chi connectivity index (χ3n) is 3.74. The third-order valence-corrected chi connectivity index (χ3v) is 3.74. The highest BCUT2D eigenvalue weighted by Gasteiger charge is 2.20. The van der Waals surface area contributed by atoms with E-state index < -0.39 is 0 Å². The minimum absolute atomic E-state index is 0.0244. The van der Waals surface area contributed by atoms with E-state index in [4.69, 9.17) is 0 Å². The molecule has 0 atom stereocenters. The van der Waals surface area contributed by atoms with Crippen LogP contribution in [0.5, 0.6) is 0 Å². The van der Waals surface area contributed by atoms with Crippen molar-refractivity contribution in [3.63, 3.8) is 0 Å². The second-order valence-corrected chi connectivity index (χ2v) is 5.06. The van der Waals surface area contributed by atoms with Crippen molar-refractivity contribution in [3.8, 4) is 0 Å². The molecule has 3 rings (SSSR count). The van der Waals surface area contributed by atoms with Gasteiger partial charge in [0.15, 0.2) is 0 Å². The maximum atomic E-state index is 11.7. The average molecular weight is 271 g/mol. The number of hydrogen-bond acceptors (Lipinski definition) is 5. The monoisotopic (exact) mass is 271 g/mol. The summed E-state index contributed by atoms with van der Waals surface area (Å²) in [6, 6.07) is 1.51. The molecule has 0 aliphatic carbocycles. The van der Waals surface area contributed by atoms with Gasteiger partial charge in [0.1, 0.15) is 5.82 Å². The molecule has 2 aromatic heterocycles. The van der Waals surface area contributed by atoms with Crippen LogP contribution in [0.25, 0.3) is 0 Å². The zero-order chi connectivity index (χ0) is 13.8. The number of rotatable bonds is 3. The minimum Gasteiger partial charge on any atom is -0.355 e. The van der Waals surface area contributed by atoms with Gasteiger partial charge in [-0.3, -0.25) is 14.3 Å². The molecule has 0 bridgehead atoms. The Morgan fingerprint density at radius 3 is 2.70 bits per heavy atom. The maximum absolute atomic E-state index is 11.7. The Labute approximate surface area is 117 Å². The predicted octanol–water partition coefficient (Wildman–Crippen LogP) is 0.950. The Bertz CT molecular complexity index is 604. The Kier molecular flexibility index (Phi) is 3.71. The van der Waals surface area contributed by atoms with Crippen LogP contribution in [0.3, 0.4) is 0 Å². The van der Waals surface area contributed by atoms with Gasteiger partial charge in [-0.25, -0.2) is 9.97 Å². The standard InChI is InChI=1S/C14H17N5O/c20-14-1-4-16-11-19(14)10-12-2-7-18(8-3-12)13-9-15-5-6-17-13/h1,4-6,9,11-12H,2-3,7-8,10H2. The predicted molar refractivity (Wildman–Crippen MR) is 75.5 cm³/mol. The molecule has 0 amide bonds. The summed E-state index contributed by atoms with van der Waals surface area (Å²) in [5.74, 6) is 1.45. The van der Waals surface area contributed by atoms with Crippen molar-refractivity contribution in [3.05, 3.63) is 47.5 Å². The van der Waals surface area contributed by atoms with Gasteiger partial charge in [-0.05, 0) is 18.8 Å². The lowest BCUT2D eigenvalue weighted by Gasteiger charge is -2.32. The first kappa shape index (κ1) is 12.8. The van der Waals surface area contributed by atoms with E-state index in [1.54, 1.807) is 29.5 Å².